The van der Waals surface area contributed by atoms with E-state index in [0.29, 0.717) is 5.56 Å². The molecule has 0 aliphatic heterocycles. The molecule has 14 heavy (non-hydrogen) atoms. The summed E-state index contributed by atoms with van der Waals surface area (Å²) in [5.41, 5.74) is 0.714. The van der Waals surface area contributed by atoms with Crippen molar-refractivity contribution in [2.75, 3.05) is 0 Å². The highest BCUT2D eigenvalue weighted by Crippen LogP contribution is 2.21. The Labute approximate surface area is 80.9 Å². The van der Waals surface area contributed by atoms with Crippen molar-refractivity contribution in [3.63, 3.8) is 0 Å². The molecule has 0 fully saturated rings. The average Bonchev–Trinajstić information content (AvgIpc) is 2.01. The number of carbonyl (C=O) groups is 1. The van der Waals surface area contributed by atoms with Crippen LogP contribution in [0.3, 0.4) is 0 Å². The first-order valence-electron chi connectivity index (χ1n) is 4.10. The summed E-state index contributed by atoms with van der Waals surface area (Å²) in [4.78, 5) is 24.9. The van der Waals surface area contributed by atoms with Crippen LogP contribution in [0.4, 0.5) is 5.69 Å². The molecule has 74 valence electrons. The second-order valence-corrected chi connectivity index (χ2v) is 3.06. The molecule has 0 aliphatic carbocycles. The average molecular weight is 194 g/mol. The van der Waals surface area contributed by atoms with Gasteiger partial charge in [-0.3, -0.25) is 19.9 Å². The summed E-state index contributed by atoms with van der Waals surface area (Å²) in [5, 5.41) is 10.7. The van der Waals surface area contributed by atoms with Gasteiger partial charge in [0.05, 0.1) is 11.3 Å². The Hall–Kier alpha value is -1.78. The number of Topliss-reactive ketones (excluding diaryl/α,β-unsaturated/α-hetero) is 1. The van der Waals surface area contributed by atoms with Crippen LogP contribution in [0.15, 0.2) is 12.3 Å². The van der Waals surface area contributed by atoms with Gasteiger partial charge in [-0.05, 0) is 19.9 Å². The van der Waals surface area contributed by atoms with E-state index in [1.54, 1.807) is 13.0 Å². The zero-order chi connectivity index (χ0) is 10.7. The maximum atomic E-state index is 10.8. The first kappa shape index (κ1) is 10.3. The number of rotatable bonds is 3. The molecule has 5 heteroatoms. The van der Waals surface area contributed by atoms with E-state index in [9.17, 15) is 14.9 Å². The molecule has 0 spiro atoms. The minimum atomic E-state index is -0.499. The third kappa shape index (κ3) is 2.12. The lowest BCUT2D eigenvalue weighted by molar-refractivity contribution is -0.386. The van der Waals surface area contributed by atoms with Gasteiger partial charge in [0.25, 0.3) is 5.69 Å². The molecule has 0 atom stereocenters. The largest absolute Gasteiger partial charge is 0.300 e. The van der Waals surface area contributed by atoms with Crippen LogP contribution in [0.1, 0.15) is 18.2 Å². The Morgan fingerprint density at radius 2 is 2.29 bits per heavy atom. The van der Waals surface area contributed by atoms with Gasteiger partial charge < -0.3 is 0 Å². The van der Waals surface area contributed by atoms with Gasteiger partial charge in [-0.15, -0.1) is 0 Å². The molecule has 0 saturated heterocycles. The molecule has 1 aromatic rings. The van der Waals surface area contributed by atoms with Crippen molar-refractivity contribution < 1.29 is 9.72 Å². The third-order valence-electron chi connectivity index (χ3n) is 1.80. The van der Waals surface area contributed by atoms with Gasteiger partial charge in [0.1, 0.15) is 11.5 Å². The summed E-state index contributed by atoms with van der Waals surface area (Å²) in [6.07, 6.45) is 1.48. The molecule has 5 nitrogen and oxygen atoms in total. The highest BCUT2D eigenvalue weighted by atomic mass is 16.6. The summed E-state index contributed by atoms with van der Waals surface area (Å²) < 4.78 is 0. The van der Waals surface area contributed by atoms with E-state index >= 15 is 0 Å². The van der Waals surface area contributed by atoms with Crippen LogP contribution >= 0.6 is 0 Å². The van der Waals surface area contributed by atoms with Crippen LogP contribution in [-0.4, -0.2) is 15.7 Å². The Kier molecular flexibility index (Phi) is 2.91. The normalized spacial score (nSPS) is 9.86. The monoisotopic (exact) mass is 194 g/mol. The maximum Gasteiger partial charge on any atom is 0.294 e. The van der Waals surface area contributed by atoms with E-state index in [0.717, 1.165) is 0 Å². The second-order valence-electron chi connectivity index (χ2n) is 3.06. The smallest absolute Gasteiger partial charge is 0.294 e. The van der Waals surface area contributed by atoms with Crippen LogP contribution < -0.4 is 0 Å². The number of nitrogens with zero attached hydrogens (tertiary/aromatic N) is 2. The van der Waals surface area contributed by atoms with E-state index in [2.05, 4.69) is 4.98 Å². The van der Waals surface area contributed by atoms with Crippen molar-refractivity contribution in [1.82, 2.24) is 4.98 Å². The first-order valence-corrected chi connectivity index (χ1v) is 4.10. The molecular formula is C9H10N2O3. The number of aromatic nitrogens is 1. The molecule has 0 aliphatic rings. The zero-order valence-electron chi connectivity index (χ0n) is 7.98. The number of nitro groups is 1. The molecule has 0 saturated carbocycles. The lowest BCUT2D eigenvalue weighted by atomic mass is 10.1. The van der Waals surface area contributed by atoms with E-state index < -0.39 is 4.92 Å². The summed E-state index contributed by atoms with van der Waals surface area (Å²) in [6.45, 7) is 3.01. The van der Waals surface area contributed by atoms with Gasteiger partial charge in [-0.25, -0.2) is 0 Å². The number of carbonyl (C=O) groups excluding carboxylic acids is 1. The van der Waals surface area contributed by atoms with Gasteiger partial charge in [0.15, 0.2) is 0 Å². The highest BCUT2D eigenvalue weighted by molar-refractivity contribution is 5.78. The number of hydrogen-bond donors (Lipinski definition) is 0. The Balaban J connectivity index is 3.21. The molecule has 1 rings (SSSR count). The zero-order valence-corrected chi connectivity index (χ0v) is 7.98. The number of ketones is 1. The van der Waals surface area contributed by atoms with E-state index in [4.69, 9.17) is 0 Å². The SMILES string of the molecule is CC(=O)Cc1nccc(C)c1[N+](=O)[O-]. The predicted molar refractivity (Wildman–Crippen MR) is 50.0 cm³/mol. The van der Waals surface area contributed by atoms with E-state index in [-0.39, 0.29) is 23.6 Å². The van der Waals surface area contributed by atoms with Gasteiger partial charge in [-0.2, -0.15) is 0 Å². The van der Waals surface area contributed by atoms with Crippen LogP contribution in [0.25, 0.3) is 0 Å². The van der Waals surface area contributed by atoms with Crippen molar-refractivity contribution in [1.29, 1.82) is 0 Å². The van der Waals surface area contributed by atoms with E-state index in [1.807, 2.05) is 0 Å². The topological polar surface area (TPSA) is 73.1 Å². The fourth-order valence-corrected chi connectivity index (χ4v) is 1.22. The summed E-state index contributed by atoms with van der Waals surface area (Å²) >= 11 is 0. The maximum absolute atomic E-state index is 10.8. The Bertz CT molecular complexity index is 388. The highest BCUT2D eigenvalue weighted by Gasteiger charge is 2.18. The van der Waals surface area contributed by atoms with Crippen LogP contribution in [-0.2, 0) is 11.2 Å². The molecule has 0 bridgehead atoms. The van der Waals surface area contributed by atoms with Gasteiger partial charge in [0, 0.05) is 11.8 Å². The van der Waals surface area contributed by atoms with Crippen molar-refractivity contribution in [2.45, 2.75) is 20.3 Å². The Morgan fingerprint density at radius 3 is 2.79 bits per heavy atom. The summed E-state index contributed by atoms with van der Waals surface area (Å²) in [7, 11) is 0. The van der Waals surface area contributed by atoms with E-state index in [1.165, 1.54) is 13.1 Å². The van der Waals surface area contributed by atoms with Crippen molar-refractivity contribution in [2.24, 2.45) is 0 Å². The fourth-order valence-electron chi connectivity index (χ4n) is 1.22. The molecule has 0 unspecified atom stereocenters. The van der Waals surface area contributed by atoms with Crippen molar-refractivity contribution in [3.8, 4) is 0 Å². The molecule has 0 radical (unpaired) electrons. The molecule has 0 N–H and O–H groups in total. The van der Waals surface area contributed by atoms with Crippen LogP contribution in [0, 0.1) is 17.0 Å². The minimum Gasteiger partial charge on any atom is -0.300 e. The van der Waals surface area contributed by atoms with Crippen molar-refractivity contribution >= 4 is 11.5 Å². The van der Waals surface area contributed by atoms with Gasteiger partial charge in [0.2, 0.25) is 0 Å². The Morgan fingerprint density at radius 1 is 1.64 bits per heavy atom. The fraction of sp³-hybridized carbons (Fsp3) is 0.333. The molecular weight excluding hydrogens is 184 g/mol. The van der Waals surface area contributed by atoms with Gasteiger partial charge >= 0.3 is 0 Å². The minimum absolute atomic E-state index is 0.0119. The van der Waals surface area contributed by atoms with Crippen molar-refractivity contribution in [3.05, 3.63) is 33.6 Å². The lowest BCUT2D eigenvalue weighted by Crippen LogP contribution is -2.05. The van der Waals surface area contributed by atoms with Crippen LogP contribution in [0.5, 0.6) is 0 Å². The molecule has 1 heterocycles. The van der Waals surface area contributed by atoms with Crippen LogP contribution in [0.2, 0.25) is 0 Å². The summed E-state index contributed by atoms with van der Waals surface area (Å²) in [6, 6.07) is 1.56. The number of hydrogen-bond acceptors (Lipinski definition) is 4. The predicted octanol–water partition coefficient (Wildman–Crippen LogP) is 1.43. The number of pyridine rings is 1. The summed E-state index contributed by atoms with van der Waals surface area (Å²) in [5.74, 6) is -0.133. The molecule has 0 aromatic carbocycles. The second kappa shape index (κ2) is 3.95. The number of aryl methyl sites for hydroxylation is 1. The third-order valence-corrected chi connectivity index (χ3v) is 1.80. The standard InChI is InChI=1S/C9H10N2O3/c1-6-3-4-10-8(5-7(2)12)9(6)11(13)14/h3-4H,5H2,1-2H3. The first-order chi connectivity index (χ1) is 6.52. The van der Waals surface area contributed by atoms with Gasteiger partial charge in [-0.1, -0.05) is 0 Å². The molecule has 0 amide bonds. The molecule has 1 aromatic heterocycles. The quantitative estimate of drug-likeness (QED) is 0.539. The lowest BCUT2D eigenvalue weighted by Gasteiger charge is -2.01.